The van der Waals surface area contributed by atoms with Gasteiger partial charge in [-0.15, -0.1) is 11.8 Å². The zero-order valence-corrected chi connectivity index (χ0v) is 13.6. The summed E-state index contributed by atoms with van der Waals surface area (Å²) in [4.78, 5) is 1.34. The smallest absolute Gasteiger partial charge is 0.0577 e. The molecule has 0 heterocycles. The first-order chi connectivity index (χ1) is 9.65. The third kappa shape index (κ3) is 3.44. The van der Waals surface area contributed by atoms with Crippen LogP contribution in [-0.4, -0.2) is 12.8 Å². The molecule has 2 heteroatoms. The molecule has 1 atom stereocenters. The number of rotatable bonds is 5. The van der Waals surface area contributed by atoms with Crippen molar-refractivity contribution in [2.75, 3.05) is 12.8 Å². The Morgan fingerprint density at radius 3 is 2.35 bits per heavy atom. The van der Waals surface area contributed by atoms with Gasteiger partial charge in [-0.3, -0.25) is 0 Å². The first kappa shape index (κ1) is 15.1. The Hall–Kier alpha value is -1.25. The predicted octanol–water partition coefficient (Wildman–Crippen LogP) is 4.72. The second-order valence-electron chi connectivity index (χ2n) is 5.08. The summed E-state index contributed by atoms with van der Waals surface area (Å²) in [7, 11) is 2.03. The van der Waals surface area contributed by atoms with Crippen molar-refractivity contribution in [1.29, 1.82) is 0 Å². The topological polar surface area (TPSA) is 12.0 Å². The highest BCUT2D eigenvalue weighted by Gasteiger charge is 2.14. The molecule has 0 aliphatic rings. The summed E-state index contributed by atoms with van der Waals surface area (Å²) in [6.07, 6.45) is 0. The van der Waals surface area contributed by atoms with Crippen molar-refractivity contribution in [1.82, 2.24) is 5.32 Å². The minimum Gasteiger partial charge on any atom is -0.309 e. The fourth-order valence-electron chi connectivity index (χ4n) is 2.50. The molecular formula is C18H23NS. The van der Waals surface area contributed by atoms with Crippen LogP contribution in [0.2, 0.25) is 0 Å². The van der Waals surface area contributed by atoms with Crippen LogP contribution in [0, 0.1) is 13.8 Å². The van der Waals surface area contributed by atoms with Crippen LogP contribution >= 0.6 is 11.8 Å². The van der Waals surface area contributed by atoms with Crippen LogP contribution in [-0.2, 0) is 0 Å². The molecule has 0 saturated carbocycles. The van der Waals surface area contributed by atoms with Gasteiger partial charge in [0.25, 0.3) is 0 Å². The van der Waals surface area contributed by atoms with E-state index in [0.717, 1.165) is 5.75 Å². The summed E-state index contributed by atoms with van der Waals surface area (Å²) >= 11 is 1.88. The van der Waals surface area contributed by atoms with Crippen LogP contribution in [0.5, 0.6) is 0 Å². The Morgan fingerprint density at radius 2 is 1.75 bits per heavy atom. The molecular weight excluding hydrogens is 262 g/mol. The normalized spacial score (nSPS) is 12.4. The van der Waals surface area contributed by atoms with Crippen LogP contribution in [0.4, 0.5) is 0 Å². The molecule has 0 aliphatic heterocycles. The summed E-state index contributed by atoms with van der Waals surface area (Å²) in [5, 5.41) is 3.45. The number of hydrogen-bond acceptors (Lipinski definition) is 2. The van der Waals surface area contributed by atoms with Gasteiger partial charge in [0.1, 0.15) is 0 Å². The standard InChI is InChI=1S/C18H23NS/c1-5-20-16-10-8-15(9-11-16)18(19-4)17-12-13(2)6-7-14(17)3/h6-12,18-19H,5H2,1-4H3. The van der Waals surface area contributed by atoms with E-state index in [1.165, 1.54) is 27.1 Å². The van der Waals surface area contributed by atoms with E-state index in [1.54, 1.807) is 0 Å². The lowest BCUT2D eigenvalue weighted by atomic mass is 9.94. The van der Waals surface area contributed by atoms with Crippen LogP contribution in [0.25, 0.3) is 0 Å². The van der Waals surface area contributed by atoms with E-state index in [4.69, 9.17) is 0 Å². The van der Waals surface area contributed by atoms with E-state index in [-0.39, 0.29) is 6.04 Å². The van der Waals surface area contributed by atoms with Crippen molar-refractivity contribution in [3.8, 4) is 0 Å². The molecule has 1 unspecified atom stereocenters. The number of hydrogen-bond donors (Lipinski definition) is 1. The molecule has 106 valence electrons. The average Bonchev–Trinajstić information content (AvgIpc) is 2.45. The highest BCUT2D eigenvalue weighted by atomic mass is 32.2. The molecule has 1 nitrogen and oxygen atoms in total. The first-order valence-electron chi connectivity index (χ1n) is 7.13. The SMILES string of the molecule is CCSc1ccc(C(NC)c2cc(C)ccc2C)cc1. The second kappa shape index (κ2) is 6.96. The highest BCUT2D eigenvalue weighted by molar-refractivity contribution is 7.99. The van der Waals surface area contributed by atoms with Crippen molar-refractivity contribution >= 4 is 11.8 Å². The van der Waals surface area contributed by atoms with Crippen LogP contribution in [0.1, 0.15) is 35.2 Å². The fourth-order valence-corrected chi connectivity index (χ4v) is 3.16. The van der Waals surface area contributed by atoms with Crippen LogP contribution in [0.3, 0.4) is 0 Å². The minimum atomic E-state index is 0.260. The van der Waals surface area contributed by atoms with E-state index in [2.05, 4.69) is 68.6 Å². The van der Waals surface area contributed by atoms with Gasteiger partial charge in [-0.05, 0) is 55.5 Å². The third-order valence-electron chi connectivity index (χ3n) is 3.56. The molecule has 0 aromatic heterocycles. The highest BCUT2D eigenvalue weighted by Crippen LogP contribution is 2.27. The molecule has 2 aromatic rings. The van der Waals surface area contributed by atoms with E-state index < -0.39 is 0 Å². The van der Waals surface area contributed by atoms with Gasteiger partial charge < -0.3 is 5.32 Å². The van der Waals surface area contributed by atoms with Gasteiger partial charge in [-0.2, -0.15) is 0 Å². The summed E-state index contributed by atoms with van der Waals surface area (Å²) in [6, 6.07) is 15.8. The number of benzene rings is 2. The molecule has 0 radical (unpaired) electrons. The van der Waals surface area contributed by atoms with E-state index in [9.17, 15) is 0 Å². The Kier molecular flexibility index (Phi) is 5.27. The lowest BCUT2D eigenvalue weighted by Crippen LogP contribution is -2.18. The lowest BCUT2D eigenvalue weighted by molar-refractivity contribution is 0.686. The molecule has 0 spiro atoms. The average molecular weight is 285 g/mol. The van der Waals surface area contributed by atoms with Gasteiger partial charge in [0, 0.05) is 4.90 Å². The minimum absolute atomic E-state index is 0.260. The maximum Gasteiger partial charge on any atom is 0.0577 e. The van der Waals surface area contributed by atoms with Gasteiger partial charge in [0.2, 0.25) is 0 Å². The van der Waals surface area contributed by atoms with Gasteiger partial charge >= 0.3 is 0 Å². The summed E-state index contributed by atoms with van der Waals surface area (Å²) in [6.45, 7) is 6.52. The van der Waals surface area contributed by atoms with Gasteiger partial charge in [-0.25, -0.2) is 0 Å². The first-order valence-corrected chi connectivity index (χ1v) is 8.11. The molecule has 2 aromatic carbocycles. The van der Waals surface area contributed by atoms with E-state index >= 15 is 0 Å². The molecule has 0 amide bonds. The maximum absolute atomic E-state index is 3.45. The molecule has 2 rings (SSSR count). The van der Waals surface area contributed by atoms with Crippen LogP contribution < -0.4 is 5.32 Å². The lowest BCUT2D eigenvalue weighted by Gasteiger charge is -2.20. The quantitative estimate of drug-likeness (QED) is 0.797. The predicted molar refractivity (Wildman–Crippen MR) is 89.7 cm³/mol. The molecule has 0 bridgehead atoms. The van der Waals surface area contributed by atoms with Gasteiger partial charge in [-0.1, -0.05) is 42.8 Å². The monoisotopic (exact) mass is 285 g/mol. The second-order valence-corrected chi connectivity index (χ2v) is 6.42. The summed E-state index contributed by atoms with van der Waals surface area (Å²) in [5.74, 6) is 1.12. The van der Waals surface area contributed by atoms with Gasteiger partial charge in [0.15, 0.2) is 0 Å². The van der Waals surface area contributed by atoms with Crippen molar-refractivity contribution in [2.24, 2.45) is 0 Å². The van der Waals surface area contributed by atoms with Crippen molar-refractivity contribution < 1.29 is 0 Å². The fraction of sp³-hybridized carbons (Fsp3) is 0.333. The van der Waals surface area contributed by atoms with E-state index in [1.807, 2.05) is 18.8 Å². The van der Waals surface area contributed by atoms with Crippen molar-refractivity contribution in [3.63, 3.8) is 0 Å². The summed E-state index contributed by atoms with van der Waals surface area (Å²) in [5.41, 5.74) is 5.33. The number of thioether (sulfide) groups is 1. The maximum atomic E-state index is 3.45. The zero-order chi connectivity index (χ0) is 14.5. The van der Waals surface area contributed by atoms with Gasteiger partial charge in [0.05, 0.1) is 6.04 Å². The Balaban J connectivity index is 2.34. The van der Waals surface area contributed by atoms with Crippen molar-refractivity contribution in [2.45, 2.75) is 31.7 Å². The number of aryl methyl sites for hydroxylation is 2. The van der Waals surface area contributed by atoms with Crippen molar-refractivity contribution in [3.05, 3.63) is 64.7 Å². The molecule has 0 fully saturated rings. The largest absolute Gasteiger partial charge is 0.309 e. The molecule has 0 saturated heterocycles. The van der Waals surface area contributed by atoms with Crippen LogP contribution in [0.15, 0.2) is 47.4 Å². The Labute approximate surface area is 126 Å². The molecule has 1 N–H and O–H groups in total. The molecule has 20 heavy (non-hydrogen) atoms. The third-order valence-corrected chi connectivity index (χ3v) is 4.45. The number of nitrogens with one attached hydrogen (secondary N) is 1. The zero-order valence-electron chi connectivity index (χ0n) is 12.7. The Morgan fingerprint density at radius 1 is 1.05 bits per heavy atom. The Bertz CT molecular complexity index is 560. The molecule has 0 aliphatic carbocycles. The summed E-state index contributed by atoms with van der Waals surface area (Å²) < 4.78 is 0. The van der Waals surface area contributed by atoms with E-state index in [0.29, 0.717) is 0 Å².